The van der Waals surface area contributed by atoms with Gasteiger partial charge in [-0.15, -0.1) is 0 Å². The lowest BCUT2D eigenvalue weighted by Crippen LogP contribution is -2.57. The van der Waals surface area contributed by atoms with Crippen LogP contribution in [0.1, 0.15) is 24.6 Å². The molecule has 0 bridgehead atoms. The molecule has 27 heavy (non-hydrogen) atoms. The maximum absolute atomic E-state index is 12.6. The average molecular weight is 377 g/mol. The van der Waals surface area contributed by atoms with E-state index in [4.69, 9.17) is 4.42 Å². The van der Waals surface area contributed by atoms with E-state index >= 15 is 0 Å². The van der Waals surface area contributed by atoms with Gasteiger partial charge in [0, 0.05) is 33.7 Å². The molecule has 5 amide bonds. The summed E-state index contributed by atoms with van der Waals surface area (Å²) in [5, 5.41) is 2.95. The summed E-state index contributed by atoms with van der Waals surface area (Å²) < 4.78 is 5.46. The molecule has 1 aromatic heterocycles. The Morgan fingerprint density at radius 3 is 2.44 bits per heavy atom. The van der Waals surface area contributed by atoms with Crippen molar-refractivity contribution in [2.24, 2.45) is 0 Å². The summed E-state index contributed by atoms with van der Waals surface area (Å²) >= 11 is 0. The van der Waals surface area contributed by atoms with Crippen molar-refractivity contribution in [2.45, 2.75) is 24.4 Å². The van der Waals surface area contributed by atoms with Crippen molar-refractivity contribution in [3.8, 4) is 0 Å². The van der Waals surface area contributed by atoms with E-state index in [9.17, 15) is 14.4 Å². The van der Waals surface area contributed by atoms with Gasteiger partial charge >= 0.3 is 12.1 Å². The van der Waals surface area contributed by atoms with Crippen LogP contribution in [0.25, 0.3) is 0 Å². The van der Waals surface area contributed by atoms with Gasteiger partial charge in [0.1, 0.15) is 11.3 Å². The molecule has 9 nitrogen and oxygen atoms in total. The highest BCUT2D eigenvalue weighted by molar-refractivity contribution is 6.06. The standard InChI is InChI=1S/C18H27N5O4/c1-20(2)13(14-6-5-11-27-14)12-19-16(25)23-9-7-18(8-10-23)15(24)21(3)17(26)22(18)4/h5-6,11,13H,7-10,12H2,1-4H3,(H,19,25)/t13-/m1/s1. The number of amides is 5. The normalized spacial score (nSPS) is 20.7. The molecule has 1 atom stereocenters. The van der Waals surface area contributed by atoms with Crippen molar-refractivity contribution in [2.75, 3.05) is 47.8 Å². The molecule has 0 saturated carbocycles. The zero-order chi connectivity index (χ0) is 19.8. The number of rotatable bonds is 4. The fourth-order valence-corrected chi connectivity index (χ4v) is 3.89. The summed E-state index contributed by atoms with van der Waals surface area (Å²) in [5.74, 6) is 0.609. The average Bonchev–Trinajstić information content (AvgIpc) is 3.23. The molecule has 3 heterocycles. The van der Waals surface area contributed by atoms with Crippen LogP contribution in [-0.4, -0.2) is 90.9 Å². The number of carbonyl (C=O) groups excluding carboxylic acids is 3. The number of urea groups is 2. The van der Waals surface area contributed by atoms with Crippen LogP contribution in [0, 0.1) is 0 Å². The quantitative estimate of drug-likeness (QED) is 0.789. The first-order chi connectivity index (χ1) is 12.8. The van der Waals surface area contributed by atoms with Gasteiger partial charge in [-0.2, -0.15) is 0 Å². The Morgan fingerprint density at radius 1 is 1.30 bits per heavy atom. The Balaban J connectivity index is 1.57. The molecule has 9 heteroatoms. The SMILES string of the molecule is CN1C(=O)N(C)C2(CCN(C(=O)NC[C@H](c3ccco3)N(C)C)CC2)C1=O. The van der Waals surface area contributed by atoms with Gasteiger partial charge in [-0.05, 0) is 39.1 Å². The van der Waals surface area contributed by atoms with Crippen LogP contribution in [0.3, 0.4) is 0 Å². The minimum Gasteiger partial charge on any atom is -0.468 e. The van der Waals surface area contributed by atoms with E-state index in [1.807, 2.05) is 31.1 Å². The number of hydrogen-bond donors (Lipinski definition) is 1. The van der Waals surface area contributed by atoms with Crippen LogP contribution < -0.4 is 5.32 Å². The zero-order valence-corrected chi connectivity index (χ0v) is 16.3. The topological polar surface area (TPSA) is 89.3 Å². The van der Waals surface area contributed by atoms with Crippen molar-refractivity contribution in [3.63, 3.8) is 0 Å². The fraction of sp³-hybridized carbons (Fsp3) is 0.611. The molecule has 0 aromatic carbocycles. The van der Waals surface area contributed by atoms with Crippen molar-refractivity contribution < 1.29 is 18.8 Å². The van der Waals surface area contributed by atoms with Gasteiger partial charge < -0.3 is 19.5 Å². The van der Waals surface area contributed by atoms with Crippen LogP contribution in [0.5, 0.6) is 0 Å². The molecule has 2 aliphatic heterocycles. The molecular formula is C18H27N5O4. The molecule has 1 aromatic rings. The molecule has 1 N–H and O–H groups in total. The maximum atomic E-state index is 12.6. The van der Waals surface area contributed by atoms with Crippen molar-refractivity contribution in [3.05, 3.63) is 24.2 Å². The first-order valence-electron chi connectivity index (χ1n) is 9.06. The number of furan rings is 1. The van der Waals surface area contributed by atoms with Crippen LogP contribution >= 0.6 is 0 Å². The molecule has 2 fully saturated rings. The highest BCUT2D eigenvalue weighted by Gasteiger charge is 2.55. The van der Waals surface area contributed by atoms with Crippen molar-refractivity contribution in [1.82, 2.24) is 24.9 Å². The molecule has 0 radical (unpaired) electrons. The van der Waals surface area contributed by atoms with Crippen molar-refractivity contribution >= 4 is 18.0 Å². The number of imide groups is 1. The Hall–Kier alpha value is -2.55. The number of likely N-dealkylation sites (N-methyl/N-ethyl adjacent to an activating group) is 3. The molecule has 148 valence electrons. The molecule has 2 aliphatic rings. The van der Waals surface area contributed by atoms with Gasteiger partial charge in [-0.25, -0.2) is 9.59 Å². The highest BCUT2D eigenvalue weighted by Crippen LogP contribution is 2.35. The molecule has 3 rings (SSSR count). The second-order valence-corrected chi connectivity index (χ2v) is 7.41. The predicted octanol–water partition coefficient (Wildman–Crippen LogP) is 0.950. The number of likely N-dealkylation sites (tertiary alicyclic amines) is 1. The van der Waals surface area contributed by atoms with Crippen LogP contribution in [-0.2, 0) is 4.79 Å². The predicted molar refractivity (Wildman–Crippen MR) is 98.0 cm³/mol. The third-order valence-corrected chi connectivity index (χ3v) is 5.74. The Kier molecular flexibility index (Phi) is 5.14. The molecule has 0 unspecified atom stereocenters. The summed E-state index contributed by atoms with van der Waals surface area (Å²) in [6.07, 6.45) is 2.51. The number of nitrogens with one attached hydrogen (secondary N) is 1. The lowest BCUT2D eigenvalue weighted by Gasteiger charge is -2.40. The van der Waals surface area contributed by atoms with Crippen molar-refractivity contribution in [1.29, 1.82) is 0 Å². The summed E-state index contributed by atoms with van der Waals surface area (Å²) in [4.78, 5) is 43.6. The van der Waals surface area contributed by atoms with Crippen LogP contribution in [0.2, 0.25) is 0 Å². The first kappa shape index (κ1) is 19.2. The largest absolute Gasteiger partial charge is 0.468 e. The van der Waals surface area contributed by atoms with E-state index < -0.39 is 5.54 Å². The number of carbonyl (C=O) groups is 3. The summed E-state index contributed by atoms with van der Waals surface area (Å²) in [6, 6.07) is 3.19. The van der Waals surface area contributed by atoms with E-state index in [2.05, 4.69) is 5.32 Å². The van der Waals surface area contributed by atoms with E-state index in [1.165, 1.54) is 16.8 Å². The third kappa shape index (κ3) is 3.27. The maximum Gasteiger partial charge on any atom is 0.327 e. The van der Waals surface area contributed by atoms with E-state index in [1.54, 1.807) is 18.2 Å². The third-order valence-electron chi connectivity index (χ3n) is 5.74. The van der Waals surface area contributed by atoms with E-state index in [0.29, 0.717) is 32.5 Å². The minimum atomic E-state index is -0.817. The van der Waals surface area contributed by atoms with Crippen LogP contribution in [0.4, 0.5) is 9.59 Å². The van der Waals surface area contributed by atoms with E-state index in [-0.39, 0.29) is 24.0 Å². The molecule has 1 spiro atoms. The second-order valence-electron chi connectivity index (χ2n) is 7.41. The van der Waals surface area contributed by atoms with Gasteiger partial charge in [0.2, 0.25) is 0 Å². The van der Waals surface area contributed by atoms with Gasteiger partial charge in [-0.3, -0.25) is 14.6 Å². The molecule has 0 aliphatic carbocycles. The minimum absolute atomic E-state index is 0.0612. The fourth-order valence-electron chi connectivity index (χ4n) is 3.89. The van der Waals surface area contributed by atoms with Gasteiger partial charge in [0.05, 0.1) is 12.3 Å². The monoisotopic (exact) mass is 377 g/mol. The van der Waals surface area contributed by atoms with Gasteiger partial charge in [0.15, 0.2) is 0 Å². The summed E-state index contributed by atoms with van der Waals surface area (Å²) in [5.41, 5.74) is -0.817. The van der Waals surface area contributed by atoms with Gasteiger partial charge in [0.25, 0.3) is 5.91 Å². The lowest BCUT2D eigenvalue weighted by atomic mass is 9.86. The highest BCUT2D eigenvalue weighted by atomic mass is 16.3. The summed E-state index contributed by atoms with van der Waals surface area (Å²) in [7, 11) is 7.02. The van der Waals surface area contributed by atoms with Crippen LogP contribution in [0.15, 0.2) is 22.8 Å². The Morgan fingerprint density at radius 2 is 1.96 bits per heavy atom. The Bertz CT molecular complexity index is 709. The van der Waals surface area contributed by atoms with E-state index in [0.717, 1.165) is 5.76 Å². The second kappa shape index (κ2) is 7.22. The lowest BCUT2D eigenvalue weighted by molar-refractivity contribution is -0.134. The number of nitrogens with zero attached hydrogens (tertiary/aromatic N) is 4. The number of piperidine rings is 1. The Labute approximate surface area is 158 Å². The first-order valence-corrected chi connectivity index (χ1v) is 9.06. The smallest absolute Gasteiger partial charge is 0.327 e. The number of hydrogen-bond acceptors (Lipinski definition) is 5. The molecular weight excluding hydrogens is 350 g/mol. The van der Waals surface area contributed by atoms with Gasteiger partial charge in [-0.1, -0.05) is 0 Å². The summed E-state index contributed by atoms with van der Waals surface area (Å²) in [6.45, 7) is 1.27. The molecule has 2 saturated heterocycles. The zero-order valence-electron chi connectivity index (χ0n) is 16.3.